The van der Waals surface area contributed by atoms with Crippen molar-refractivity contribution in [3.63, 3.8) is 0 Å². The third-order valence-electron chi connectivity index (χ3n) is 8.25. The van der Waals surface area contributed by atoms with Gasteiger partial charge in [0, 0.05) is 36.3 Å². The van der Waals surface area contributed by atoms with Crippen LogP contribution < -0.4 is 5.32 Å². The molecule has 0 aromatic heterocycles. The number of nitrogens with one attached hydrogen (secondary N) is 1. The van der Waals surface area contributed by atoms with Crippen LogP contribution in [0.15, 0.2) is 72.8 Å². The summed E-state index contributed by atoms with van der Waals surface area (Å²) in [6.07, 6.45) is 8.32. The third-order valence-corrected chi connectivity index (χ3v) is 8.25. The Balaban J connectivity index is 1.41. The Labute approximate surface area is 216 Å². The Morgan fingerprint density at radius 2 is 1.44 bits per heavy atom. The molecule has 2 fully saturated rings. The number of hydrogen-bond donors (Lipinski definition) is 3. The van der Waals surface area contributed by atoms with E-state index in [0.717, 1.165) is 41.6 Å². The van der Waals surface area contributed by atoms with Crippen molar-refractivity contribution in [2.75, 3.05) is 6.54 Å². The number of rotatable bonds is 8. The van der Waals surface area contributed by atoms with E-state index in [2.05, 4.69) is 29.3 Å². The van der Waals surface area contributed by atoms with Gasteiger partial charge in [0.25, 0.3) is 0 Å². The van der Waals surface area contributed by atoms with E-state index in [1.165, 1.54) is 37.7 Å². The second kappa shape index (κ2) is 11.2. The van der Waals surface area contributed by atoms with Crippen LogP contribution in [-0.2, 0) is 18.7 Å². The van der Waals surface area contributed by atoms with E-state index < -0.39 is 5.60 Å². The van der Waals surface area contributed by atoms with Crippen LogP contribution in [0, 0.1) is 6.92 Å². The first-order valence-corrected chi connectivity index (χ1v) is 13.7. The van der Waals surface area contributed by atoms with E-state index in [1.54, 1.807) is 0 Å². The fourth-order valence-corrected chi connectivity index (χ4v) is 6.39. The molecule has 1 aliphatic carbocycles. The highest BCUT2D eigenvalue weighted by molar-refractivity contribution is 5.44. The van der Waals surface area contributed by atoms with Gasteiger partial charge in [-0.15, -0.1) is 0 Å². The lowest BCUT2D eigenvalue weighted by Gasteiger charge is -2.40. The number of benzene rings is 3. The number of aromatic hydroxyl groups is 1. The standard InChI is InChI=1S/C32H40N2O2/c1-24-20-25(22-33-29-16-9-4-10-17-29)31(35)26(21-24)23-34-19-11-18-30(34)32(36,27-12-5-2-6-13-27)28-14-7-3-8-15-28/h2-3,5-8,12-15,20-21,29-30,33,35-36H,4,9-11,16-19,22-23H2,1H3/t30-/m0/s1. The SMILES string of the molecule is Cc1cc(CNC2CCCCC2)c(O)c(CN2CCC[C@H]2C(O)(c2ccccc2)c2ccccc2)c1. The Morgan fingerprint density at radius 3 is 2.08 bits per heavy atom. The van der Waals surface area contributed by atoms with Crippen LogP contribution in [0.4, 0.5) is 0 Å². The number of aryl methyl sites for hydroxylation is 1. The molecule has 36 heavy (non-hydrogen) atoms. The number of phenolic OH excluding ortho intramolecular Hbond substituents is 1. The smallest absolute Gasteiger partial charge is 0.130 e. The van der Waals surface area contributed by atoms with E-state index in [4.69, 9.17) is 0 Å². The maximum absolute atomic E-state index is 12.4. The van der Waals surface area contributed by atoms with Gasteiger partial charge in [0.15, 0.2) is 0 Å². The minimum Gasteiger partial charge on any atom is -0.507 e. The van der Waals surface area contributed by atoms with Crippen molar-refractivity contribution in [2.24, 2.45) is 0 Å². The Kier molecular flexibility index (Phi) is 7.76. The first-order chi connectivity index (χ1) is 17.6. The van der Waals surface area contributed by atoms with Crippen molar-refractivity contribution in [1.29, 1.82) is 0 Å². The van der Waals surface area contributed by atoms with Crippen molar-refractivity contribution in [1.82, 2.24) is 10.2 Å². The highest BCUT2D eigenvalue weighted by atomic mass is 16.3. The molecule has 2 aliphatic rings. The van der Waals surface area contributed by atoms with Crippen molar-refractivity contribution < 1.29 is 10.2 Å². The second-order valence-electron chi connectivity index (χ2n) is 10.8. The lowest BCUT2D eigenvalue weighted by Crippen LogP contribution is -2.48. The van der Waals surface area contributed by atoms with E-state index >= 15 is 0 Å². The lowest BCUT2D eigenvalue weighted by atomic mass is 9.79. The van der Waals surface area contributed by atoms with Crippen LogP contribution >= 0.6 is 0 Å². The average molecular weight is 485 g/mol. The molecule has 1 atom stereocenters. The summed E-state index contributed by atoms with van der Waals surface area (Å²) in [5.41, 5.74) is 3.81. The van der Waals surface area contributed by atoms with Gasteiger partial charge >= 0.3 is 0 Å². The van der Waals surface area contributed by atoms with Crippen LogP contribution in [0.3, 0.4) is 0 Å². The quantitative estimate of drug-likeness (QED) is 0.366. The zero-order valence-corrected chi connectivity index (χ0v) is 21.5. The molecule has 1 heterocycles. The molecule has 4 heteroatoms. The summed E-state index contributed by atoms with van der Waals surface area (Å²) < 4.78 is 0. The number of likely N-dealkylation sites (tertiary alicyclic amines) is 1. The van der Waals surface area contributed by atoms with Crippen molar-refractivity contribution in [3.8, 4) is 5.75 Å². The van der Waals surface area contributed by atoms with Crippen LogP contribution in [0.2, 0.25) is 0 Å². The predicted octanol–water partition coefficient (Wildman–Crippen LogP) is 6.02. The molecule has 3 aromatic carbocycles. The van der Waals surface area contributed by atoms with Gasteiger partial charge in [-0.2, -0.15) is 0 Å². The highest BCUT2D eigenvalue weighted by Crippen LogP contribution is 2.41. The van der Waals surface area contributed by atoms with E-state index in [0.29, 0.717) is 24.9 Å². The molecule has 1 aliphatic heterocycles. The van der Waals surface area contributed by atoms with Gasteiger partial charge < -0.3 is 15.5 Å². The van der Waals surface area contributed by atoms with Crippen molar-refractivity contribution in [2.45, 2.75) is 82.6 Å². The topological polar surface area (TPSA) is 55.7 Å². The zero-order chi connectivity index (χ0) is 25.0. The van der Waals surface area contributed by atoms with Crippen molar-refractivity contribution in [3.05, 3.63) is 101 Å². The minimum atomic E-state index is -1.12. The molecule has 0 amide bonds. The van der Waals surface area contributed by atoms with E-state index in [1.807, 2.05) is 60.7 Å². The summed E-state index contributed by atoms with van der Waals surface area (Å²) in [6, 6.07) is 24.8. The van der Waals surface area contributed by atoms with Crippen LogP contribution in [0.1, 0.15) is 72.8 Å². The summed E-state index contributed by atoms with van der Waals surface area (Å²) in [7, 11) is 0. The van der Waals surface area contributed by atoms with E-state index in [9.17, 15) is 10.2 Å². The lowest BCUT2D eigenvalue weighted by molar-refractivity contribution is -0.00673. The molecule has 4 nitrogen and oxygen atoms in total. The van der Waals surface area contributed by atoms with Crippen LogP contribution in [0.5, 0.6) is 5.75 Å². The number of aliphatic hydroxyl groups is 1. The van der Waals surface area contributed by atoms with Crippen LogP contribution in [0.25, 0.3) is 0 Å². The number of hydrogen-bond acceptors (Lipinski definition) is 4. The van der Waals surface area contributed by atoms with Gasteiger partial charge in [0.1, 0.15) is 11.4 Å². The van der Waals surface area contributed by atoms with Gasteiger partial charge in [-0.1, -0.05) is 97.6 Å². The maximum atomic E-state index is 12.4. The molecule has 3 aromatic rings. The molecule has 190 valence electrons. The molecule has 0 bridgehead atoms. The van der Waals surface area contributed by atoms with Gasteiger partial charge in [-0.25, -0.2) is 0 Å². The second-order valence-corrected chi connectivity index (χ2v) is 10.8. The summed E-state index contributed by atoms with van der Waals surface area (Å²) in [5, 5.41) is 27.4. The molecule has 0 radical (unpaired) electrons. The number of nitrogens with zero attached hydrogens (tertiary/aromatic N) is 1. The third kappa shape index (κ3) is 5.22. The van der Waals surface area contributed by atoms with Gasteiger partial charge in [-0.05, 0) is 50.3 Å². The van der Waals surface area contributed by atoms with Crippen molar-refractivity contribution >= 4 is 0 Å². The molecule has 1 saturated carbocycles. The molecule has 1 saturated heterocycles. The Morgan fingerprint density at radius 1 is 0.833 bits per heavy atom. The summed E-state index contributed by atoms with van der Waals surface area (Å²) in [5.74, 6) is 0.400. The normalized spacial score (nSPS) is 19.6. The molecule has 0 spiro atoms. The maximum Gasteiger partial charge on any atom is 0.130 e. The number of phenols is 1. The largest absolute Gasteiger partial charge is 0.507 e. The van der Waals surface area contributed by atoms with Gasteiger partial charge in [-0.3, -0.25) is 4.90 Å². The Hall–Kier alpha value is -2.66. The van der Waals surface area contributed by atoms with Crippen LogP contribution in [-0.4, -0.2) is 33.7 Å². The Bertz CT molecular complexity index is 1090. The highest BCUT2D eigenvalue weighted by Gasteiger charge is 2.45. The average Bonchev–Trinajstić information content (AvgIpc) is 3.39. The first-order valence-electron chi connectivity index (χ1n) is 13.7. The molecule has 3 N–H and O–H groups in total. The van der Waals surface area contributed by atoms with E-state index in [-0.39, 0.29) is 6.04 Å². The molecule has 0 unspecified atom stereocenters. The van der Waals surface area contributed by atoms with Gasteiger partial charge in [0.2, 0.25) is 0 Å². The summed E-state index contributed by atoms with van der Waals surface area (Å²) in [4.78, 5) is 2.37. The zero-order valence-electron chi connectivity index (χ0n) is 21.5. The fourth-order valence-electron chi connectivity index (χ4n) is 6.39. The monoisotopic (exact) mass is 484 g/mol. The molecular weight excluding hydrogens is 444 g/mol. The summed E-state index contributed by atoms with van der Waals surface area (Å²) in [6.45, 7) is 4.33. The first kappa shape index (κ1) is 25.0. The molecular formula is C32H40N2O2. The molecule has 5 rings (SSSR count). The predicted molar refractivity (Wildman–Crippen MR) is 146 cm³/mol. The fraction of sp³-hybridized carbons (Fsp3) is 0.438. The minimum absolute atomic E-state index is 0.0778. The summed E-state index contributed by atoms with van der Waals surface area (Å²) >= 11 is 0. The van der Waals surface area contributed by atoms with Gasteiger partial charge in [0.05, 0.1) is 0 Å².